The Balaban J connectivity index is 1.97. The zero-order valence-electron chi connectivity index (χ0n) is 10.4. The molecule has 1 aromatic carbocycles. The summed E-state index contributed by atoms with van der Waals surface area (Å²) < 4.78 is 18.4. The van der Waals surface area contributed by atoms with Crippen LogP contribution in [0.5, 0.6) is 0 Å². The van der Waals surface area contributed by atoms with Crippen molar-refractivity contribution in [3.63, 3.8) is 0 Å². The van der Waals surface area contributed by atoms with Crippen LogP contribution < -0.4 is 0 Å². The van der Waals surface area contributed by atoms with E-state index in [9.17, 15) is 4.39 Å². The Morgan fingerprint density at radius 3 is 2.85 bits per heavy atom. The molecule has 0 amide bonds. The molecule has 0 N–H and O–H groups in total. The largest absolute Gasteiger partial charge is 0.333 e. The fourth-order valence-electron chi connectivity index (χ4n) is 1.74. The summed E-state index contributed by atoms with van der Waals surface area (Å²) >= 11 is 1.28. The summed E-state index contributed by atoms with van der Waals surface area (Å²) in [5.41, 5.74) is 1.22. The maximum atomic E-state index is 13.2. The number of thiophene rings is 1. The van der Waals surface area contributed by atoms with Gasteiger partial charge < -0.3 is 4.52 Å². The van der Waals surface area contributed by atoms with Crippen LogP contribution in [0, 0.1) is 24.1 Å². The number of nitriles is 1. The maximum Gasteiger partial charge on any atom is 0.268 e. The van der Waals surface area contributed by atoms with Crippen molar-refractivity contribution in [3.8, 4) is 28.2 Å². The van der Waals surface area contributed by atoms with Crippen LogP contribution in [0.2, 0.25) is 0 Å². The Bertz CT molecular complexity index is 816. The number of halogens is 1. The number of benzene rings is 1. The molecule has 0 spiro atoms. The van der Waals surface area contributed by atoms with E-state index >= 15 is 0 Å². The lowest BCUT2D eigenvalue weighted by molar-refractivity contribution is 0.433. The van der Waals surface area contributed by atoms with Crippen LogP contribution in [-0.2, 0) is 0 Å². The number of aromatic nitrogens is 2. The summed E-state index contributed by atoms with van der Waals surface area (Å²) in [6, 6.07) is 10.2. The second kappa shape index (κ2) is 4.87. The van der Waals surface area contributed by atoms with Crippen molar-refractivity contribution >= 4 is 11.3 Å². The van der Waals surface area contributed by atoms with Crippen molar-refractivity contribution in [2.45, 2.75) is 6.92 Å². The average molecular weight is 285 g/mol. The molecule has 0 unspecified atom stereocenters. The fourth-order valence-corrected chi connectivity index (χ4v) is 2.46. The van der Waals surface area contributed by atoms with Gasteiger partial charge in [-0.15, -0.1) is 11.3 Å². The highest BCUT2D eigenvalue weighted by Crippen LogP contribution is 2.28. The lowest BCUT2D eigenvalue weighted by Crippen LogP contribution is -1.85. The Labute approximate surface area is 118 Å². The summed E-state index contributed by atoms with van der Waals surface area (Å²) in [6.07, 6.45) is 0. The van der Waals surface area contributed by atoms with Crippen molar-refractivity contribution in [1.82, 2.24) is 10.1 Å². The van der Waals surface area contributed by atoms with E-state index in [-0.39, 0.29) is 5.82 Å². The lowest BCUT2D eigenvalue weighted by Gasteiger charge is -1.97. The molecule has 98 valence electrons. The molecule has 2 heterocycles. The first-order valence-electron chi connectivity index (χ1n) is 5.78. The van der Waals surface area contributed by atoms with Crippen LogP contribution in [0.4, 0.5) is 4.39 Å². The van der Waals surface area contributed by atoms with Crippen LogP contribution in [0.3, 0.4) is 0 Å². The molecule has 3 rings (SSSR count). The average Bonchev–Trinajstić information content (AvgIpc) is 3.09. The van der Waals surface area contributed by atoms with Gasteiger partial charge in [-0.25, -0.2) is 4.39 Å². The van der Waals surface area contributed by atoms with E-state index in [0.29, 0.717) is 27.7 Å². The van der Waals surface area contributed by atoms with Gasteiger partial charge in [0.25, 0.3) is 5.89 Å². The Morgan fingerprint density at radius 1 is 1.30 bits per heavy atom. The van der Waals surface area contributed by atoms with Gasteiger partial charge in [0, 0.05) is 5.56 Å². The first-order chi connectivity index (χ1) is 9.67. The van der Waals surface area contributed by atoms with Crippen LogP contribution in [0.1, 0.15) is 10.4 Å². The molecule has 6 heteroatoms. The van der Waals surface area contributed by atoms with Crippen LogP contribution in [-0.4, -0.2) is 10.1 Å². The molecule has 3 aromatic rings. The highest BCUT2D eigenvalue weighted by atomic mass is 32.1. The number of hydrogen-bond acceptors (Lipinski definition) is 5. The number of rotatable bonds is 2. The smallest absolute Gasteiger partial charge is 0.268 e. The summed E-state index contributed by atoms with van der Waals surface area (Å²) in [4.78, 5) is 5.59. The zero-order chi connectivity index (χ0) is 14.1. The Morgan fingerprint density at radius 2 is 2.15 bits per heavy atom. The molecule has 2 aromatic heterocycles. The van der Waals surface area contributed by atoms with E-state index in [0.717, 1.165) is 4.88 Å². The number of hydrogen-bond donors (Lipinski definition) is 0. The van der Waals surface area contributed by atoms with Gasteiger partial charge in [0.2, 0.25) is 5.82 Å². The Kier molecular flexibility index (Phi) is 3.05. The summed E-state index contributed by atoms with van der Waals surface area (Å²) in [5, 5.41) is 12.7. The van der Waals surface area contributed by atoms with Crippen molar-refractivity contribution in [1.29, 1.82) is 5.26 Å². The van der Waals surface area contributed by atoms with Gasteiger partial charge in [0.15, 0.2) is 0 Å². The molecule has 4 nitrogen and oxygen atoms in total. The minimum atomic E-state index is -0.269. The molecule has 0 saturated carbocycles. The Hall–Kier alpha value is -2.52. The lowest BCUT2D eigenvalue weighted by atomic mass is 10.1. The molecule has 0 aliphatic carbocycles. The predicted octanol–water partition coefficient (Wildman–Crippen LogP) is 3.78. The van der Waals surface area contributed by atoms with Crippen molar-refractivity contribution in [3.05, 3.63) is 46.6 Å². The van der Waals surface area contributed by atoms with Gasteiger partial charge in [0.1, 0.15) is 16.8 Å². The van der Waals surface area contributed by atoms with Gasteiger partial charge in [-0.2, -0.15) is 10.2 Å². The van der Waals surface area contributed by atoms with Crippen LogP contribution >= 0.6 is 11.3 Å². The SMILES string of the molecule is Cc1cc(-c2noc(-c3ccc(C#N)s3)n2)ccc1F. The zero-order valence-corrected chi connectivity index (χ0v) is 11.2. The predicted molar refractivity (Wildman–Crippen MR) is 72.5 cm³/mol. The molecule has 0 bridgehead atoms. The monoisotopic (exact) mass is 285 g/mol. The second-order valence-electron chi connectivity index (χ2n) is 4.16. The molecule has 0 aliphatic rings. The quantitative estimate of drug-likeness (QED) is 0.718. The van der Waals surface area contributed by atoms with Crippen molar-refractivity contribution < 1.29 is 8.91 Å². The second-order valence-corrected chi connectivity index (χ2v) is 5.25. The van der Waals surface area contributed by atoms with Gasteiger partial charge in [-0.05, 0) is 42.8 Å². The fraction of sp³-hybridized carbons (Fsp3) is 0.0714. The van der Waals surface area contributed by atoms with Crippen LogP contribution in [0.25, 0.3) is 22.2 Å². The molecule has 20 heavy (non-hydrogen) atoms. The third-order valence-electron chi connectivity index (χ3n) is 2.77. The van der Waals surface area contributed by atoms with Gasteiger partial charge >= 0.3 is 0 Å². The molecule has 0 saturated heterocycles. The molecular formula is C14H8FN3OS. The third-order valence-corrected chi connectivity index (χ3v) is 3.75. The van der Waals surface area contributed by atoms with Gasteiger partial charge in [0.05, 0.1) is 4.88 Å². The van der Waals surface area contributed by atoms with E-state index in [1.54, 1.807) is 31.2 Å². The molecule has 0 atom stereocenters. The highest BCUT2D eigenvalue weighted by molar-refractivity contribution is 7.15. The van der Waals surface area contributed by atoms with E-state index in [4.69, 9.17) is 9.78 Å². The molecule has 0 fully saturated rings. The third kappa shape index (κ3) is 2.19. The topological polar surface area (TPSA) is 62.7 Å². The van der Waals surface area contributed by atoms with Gasteiger partial charge in [-0.3, -0.25) is 0 Å². The van der Waals surface area contributed by atoms with E-state index < -0.39 is 0 Å². The number of nitrogens with zero attached hydrogens (tertiary/aromatic N) is 3. The van der Waals surface area contributed by atoms with Crippen molar-refractivity contribution in [2.75, 3.05) is 0 Å². The van der Waals surface area contributed by atoms with E-state index in [2.05, 4.69) is 16.2 Å². The summed E-state index contributed by atoms with van der Waals surface area (Å²) in [6.45, 7) is 1.68. The molecule has 0 aliphatic heterocycles. The standard InChI is InChI=1S/C14H8FN3OS/c1-8-6-9(2-4-11(8)15)13-17-14(19-18-13)12-5-3-10(7-16)20-12/h2-6H,1H3. The first kappa shape index (κ1) is 12.5. The minimum absolute atomic E-state index is 0.269. The van der Waals surface area contributed by atoms with Crippen molar-refractivity contribution in [2.24, 2.45) is 0 Å². The highest BCUT2D eigenvalue weighted by Gasteiger charge is 2.13. The summed E-state index contributed by atoms with van der Waals surface area (Å²) in [5.74, 6) is 0.484. The first-order valence-corrected chi connectivity index (χ1v) is 6.59. The van der Waals surface area contributed by atoms with Crippen LogP contribution in [0.15, 0.2) is 34.9 Å². The normalized spacial score (nSPS) is 10.4. The minimum Gasteiger partial charge on any atom is -0.333 e. The van der Waals surface area contributed by atoms with E-state index in [1.807, 2.05) is 0 Å². The van der Waals surface area contributed by atoms with Gasteiger partial charge in [-0.1, -0.05) is 5.16 Å². The molecule has 0 radical (unpaired) electrons. The molecular weight excluding hydrogens is 277 g/mol. The number of aryl methyl sites for hydroxylation is 1. The summed E-state index contributed by atoms with van der Waals surface area (Å²) in [7, 11) is 0. The van der Waals surface area contributed by atoms with E-state index in [1.165, 1.54) is 17.4 Å². The maximum absolute atomic E-state index is 13.2.